The van der Waals surface area contributed by atoms with E-state index in [1.54, 1.807) is 0 Å². The van der Waals surface area contributed by atoms with Crippen LogP contribution in [0.1, 0.15) is 20.8 Å². The standard InChI is InChI=1S/C15H26N5O13P3S/c1-14(2,3)6-37-13-18-11(16)9-12(19-13)20(7-17-9)15(22)5-30-8(10(15)21)4-31-35(26,27)33-36(28,29)32-34(23,24)25/h7-8,10,21-22H,4-6H2,1-3H3,(H,26,27)(H,28,29)(H2,16,18,19)(H2,23,24,25)/t8-,10-,15+/m1/s1. The molecule has 2 unspecified atom stereocenters. The molecule has 2 aromatic heterocycles. The van der Waals surface area contributed by atoms with Gasteiger partial charge in [0.25, 0.3) is 0 Å². The van der Waals surface area contributed by atoms with Crippen LogP contribution in [-0.2, 0) is 37.3 Å². The van der Waals surface area contributed by atoms with Gasteiger partial charge in [-0.15, -0.1) is 0 Å². The van der Waals surface area contributed by atoms with E-state index in [1.165, 1.54) is 11.8 Å². The number of nitrogens with zero attached hydrogens (tertiary/aromatic N) is 4. The molecule has 1 aliphatic rings. The third-order valence-electron chi connectivity index (χ3n) is 4.61. The van der Waals surface area contributed by atoms with Crippen LogP contribution in [0.3, 0.4) is 0 Å². The van der Waals surface area contributed by atoms with Gasteiger partial charge < -0.3 is 40.3 Å². The summed E-state index contributed by atoms with van der Waals surface area (Å²) in [6, 6.07) is 0. The molecule has 0 saturated carbocycles. The highest BCUT2D eigenvalue weighted by atomic mass is 32.2. The summed E-state index contributed by atoms with van der Waals surface area (Å²) in [5.41, 5.74) is 3.94. The third kappa shape index (κ3) is 7.77. The second-order valence-electron chi connectivity index (χ2n) is 9.09. The molecule has 3 rings (SSSR count). The van der Waals surface area contributed by atoms with Gasteiger partial charge in [0.2, 0.25) is 0 Å². The van der Waals surface area contributed by atoms with Crippen LogP contribution in [0.25, 0.3) is 11.2 Å². The van der Waals surface area contributed by atoms with Crippen LogP contribution in [0.4, 0.5) is 5.82 Å². The Labute approximate surface area is 213 Å². The quantitative estimate of drug-likeness (QED) is 0.108. The van der Waals surface area contributed by atoms with Crippen molar-refractivity contribution in [3.63, 3.8) is 0 Å². The highest BCUT2D eigenvalue weighted by Crippen LogP contribution is 2.66. The maximum Gasteiger partial charge on any atom is 0.490 e. The van der Waals surface area contributed by atoms with Crippen molar-refractivity contribution in [2.24, 2.45) is 5.41 Å². The fourth-order valence-corrected chi connectivity index (χ4v) is 6.96. The number of thioether (sulfide) groups is 1. The minimum absolute atomic E-state index is 0.0290. The summed E-state index contributed by atoms with van der Waals surface area (Å²) in [5, 5.41) is 22.2. The number of anilines is 1. The van der Waals surface area contributed by atoms with E-state index in [0.717, 1.165) is 10.9 Å². The van der Waals surface area contributed by atoms with Gasteiger partial charge in [-0.1, -0.05) is 32.5 Å². The fraction of sp³-hybridized carbons (Fsp3) is 0.667. The van der Waals surface area contributed by atoms with Crippen LogP contribution in [-0.4, -0.2) is 80.5 Å². The number of hydrogen-bond acceptors (Lipinski definition) is 14. The number of aliphatic hydroxyl groups excluding tert-OH is 1. The molecule has 37 heavy (non-hydrogen) atoms. The van der Waals surface area contributed by atoms with Gasteiger partial charge >= 0.3 is 23.5 Å². The fourth-order valence-electron chi connectivity index (χ4n) is 3.06. The average molecular weight is 609 g/mol. The van der Waals surface area contributed by atoms with Crippen molar-refractivity contribution >= 4 is 52.2 Å². The Morgan fingerprint density at radius 3 is 2.43 bits per heavy atom. The lowest BCUT2D eigenvalue weighted by Crippen LogP contribution is -2.47. The lowest BCUT2D eigenvalue weighted by molar-refractivity contribution is -0.110. The lowest BCUT2D eigenvalue weighted by atomic mass is 10.0. The van der Waals surface area contributed by atoms with Gasteiger partial charge in [-0.05, 0) is 5.41 Å². The van der Waals surface area contributed by atoms with Crippen LogP contribution < -0.4 is 5.73 Å². The van der Waals surface area contributed by atoms with Gasteiger partial charge in [0.05, 0.1) is 19.5 Å². The molecular formula is C15H26N5O13P3S. The van der Waals surface area contributed by atoms with Crippen molar-refractivity contribution in [3.8, 4) is 0 Å². The molecule has 0 aromatic carbocycles. The molecule has 2 aromatic rings. The highest BCUT2D eigenvalue weighted by molar-refractivity contribution is 7.99. The van der Waals surface area contributed by atoms with Crippen LogP contribution in [0.2, 0.25) is 0 Å². The summed E-state index contributed by atoms with van der Waals surface area (Å²) >= 11 is 1.32. The van der Waals surface area contributed by atoms with Crippen LogP contribution in [0, 0.1) is 5.41 Å². The van der Waals surface area contributed by atoms with E-state index < -0.39 is 54.6 Å². The molecule has 210 valence electrons. The number of hydrogen-bond donors (Lipinski definition) is 7. The zero-order chi connectivity index (χ0) is 28.0. The van der Waals surface area contributed by atoms with Crippen molar-refractivity contribution in [1.82, 2.24) is 19.5 Å². The van der Waals surface area contributed by atoms with Crippen molar-refractivity contribution in [2.75, 3.05) is 24.7 Å². The first kappa shape index (κ1) is 30.5. The second-order valence-corrected chi connectivity index (χ2v) is 14.4. The molecule has 0 amide bonds. The van der Waals surface area contributed by atoms with Gasteiger partial charge in [-0.2, -0.15) is 8.62 Å². The smallest absolute Gasteiger partial charge is 0.385 e. The molecule has 18 nitrogen and oxygen atoms in total. The molecular weight excluding hydrogens is 583 g/mol. The zero-order valence-electron chi connectivity index (χ0n) is 19.5. The number of phosphoric acid groups is 3. The minimum atomic E-state index is -5.72. The number of phosphoric ester groups is 1. The van der Waals surface area contributed by atoms with E-state index in [4.69, 9.17) is 20.3 Å². The Hall–Kier alpha value is -1.01. The maximum atomic E-state index is 11.9. The monoisotopic (exact) mass is 609 g/mol. The number of nitrogen functional groups attached to an aromatic ring is 1. The minimum Gasteiger partial charge on any atom is -0.385 e. The van der Waals surface area contributed by atoms with E-state index in [0.29, 0.717) is 10.9 Å². The molecule has 1 aliphatic heterocycles. The summed E-state index contributed by atoms with van der Waals surface area (Å²) in [6.07, 6.45) is -2.16. The van der Waals surface area contributed by atoms with Gasteiger partial charge in [0, 0.05) is 5.75 Å². The molecule has 0 spiro atoms. The zero-order valence-corrected chi connectivity index (χ0v) is 23.0. The van der Waals surface area contributed by atoms with Crippen LogP contribution >= 0.6 is 35.2 Å². The predicted octanol–water partition coefficient (Wildman–Crippen LogP) is 0.295. The van der Waals surface area contributed by atoms with E-state index in [1.807, 2.05) is 20.8 Å². The first-order valence-corrected chi connectivity index (χ1v) is 15.7. The molecule has 0 aliphatic carbocycles. The normalized spacial score (nSPS) is 26.3. The van der Waals surface area contributed by atoms with E-state index in [2.05, 4.69) is 28.1 Å². The molecule has 8 N–H and O–H groups in total. The van der Waals surface area contributed by atoms with E-state index >= 15 is 0 Å². The Bertz CT molecular complexity index is 1300. The summed E-state index contributed by atoms with van der Waals surface area (Å²) in [4.78, 5) is 48.6. The first-order chi connectivity index (χ1) is 16.7. The molecule has 3 heterocycles. The first-order valence-electron chi connectivity index (χ1n) is 10.2. The third-order valence-corrected chi connectivity index (χ3v) is 9.86. The Morgan fingerprint density at radius 1 is 1.19 bits per heavy atom. The molecule has 1 saturated heterocycles. The number of imidazole rings is 1. The molecule has 5 atom stereocenters. The lowest BCUT2D eigenvalue weighted by Gasteiger charge is -2.28. The second kappa shape index (κ2) is 10.5. The van der Waals surface area contributed by atoms with Crippen molar-refractivity contribution in [2.45, 2.75) is 43.9 Å². The number of nitrogens with two attached hydrogens (primary N) is 1. The number of aliphatic hydroxyl groups is 2. The number of ether oxygens (including phenoxy) is 1. The summed E-state index contributed by atoms with van der Waals surface area (Å²) in [6.45, 7) is 4.51. The summed E-state index contributed by atoms with van der Waals surface area (Å²) in [7, 11) is -16.8. The van der Waals surface area contributed by atoms with Crippen molar-refractivity contribution in [1.29, 1.82) is 0 Å². The molecule has 22 heteroatoms. The van der Waals surface area contributed by atoms with Gasteiger partial charge in [0.15, 0.2) is 22.3 Å². The largest absolute Gasteiger partial charge is 0.490 e. The van der Waals surface area contributed by atoms with Crippen LogP contribution in [0.15, 0.2) is 11.5 Å². The van der Waals surface area contributed by atoms with Gasteiger partial charge in [-0.25, -0.2) is 28.6 Å². The molecule has 0 bridgehead atoms. The Kier molecular flexibility index (Phi) is 8.68. The predicted molar refractivity (Wildman–Crippen MR) is 126 cm³/mol. The highest BCUT2D eigenvalue weighted by Gasteiger charge is 2.51. The SMILES string of the molecule is CC(C)(C)CSc1nc(N)c2ncn([C@]3(O)CO[C@H](COP(=O)(O)OP(=O)(O)OP(=O)(O)O)[C@H]3O)c2n1. The van der Waals surface area contributed by atoms with E-state index in [-0.39, 0.29) is 22.4 Å². The van der Waals surface area contributed by atoms with Crippen molar-refractivity contribution < 1.29 is 61.4 Å². The summed E-state index contributed by atoms with van der Waals surface area (Å²) < 4.78 is 52.2. The van der Waals surface area contributed by atoms with E-state index in [9.17, 15) is 33.7 Å². The number of aromatic nitrogens is 4. The summed E-state index contributed by atoms with van der Waals surface area (Å²) in [5.74, 6) is 0.673. The van der Waals surface area contributed by atoms with Gasteiger partial charge in [0.1, 0.15) is 17.7 Å². The van der Waals surface area contributed by atoms with Gasteiger partial charge in [-0.3, -0.25) is 9.09 Å². The Balaban J connectivity index is 1.76. The van der Waals surface area contributed by atoms with Crippen LogP contribution in [0.5, 0.6) is 0 Å². The number of fused-ring (bicyclic) bond motifs is 1. The Morgan fingerprint density at radius 2 is 1.84 bits per heavy atom. The average Bonchev–Trinajstić information content (AvgIpc) is 3.25. The molecule has 0 radical (unpaired) electrons. The maximum absolute atomic E-state index is 11.9. The van der Waals surface area contributed by atoms with Crippen molar-refractivity contribution in [3.05, 3.63) is 6.33 Å². The number of rotatable bonds is 10. The molecule has 1 fully saturated rings. The topological polar surface area (TPSA) is 279 Å².